The number of hydrogen-bond donors (Lipinski definition) is 1. The molecule has 0 fully saturated rings. The Bertz CT molecular complexity index is 349. The minimum atomic E-state index is 0.506. The number of aliphatic imine (C=N–C) groups is 1. The number of allylic oxidation sites excluding steroid dienone is 4. The lowest BCUT2D eigenvalue weighted by Crippen LogP contribution is -2.00. The quantitative estimate of drug-likeness (QED) is 0.313. The van der Waals surface area contributed by atoms with Crippen molar-refractivity contribution in [3.05, 3.63) is 49.2 Å². The fourth-order valence-electron chi connectivity index (χ4n) is 1.46. The predicted octanol–water partition coefficient (Wildman–Crippen LogP) is 6.08. The van der Waals surface area contributed by atoms with Gasteiger partial charge >= 0.3 is 0 Å². The van der Waals surface area contributed by atoms with Crippen LogP contribution in [0, 0.1) is 5.92 Å². The summed E-state index contributed by atoms with van der Waals surface area (Å²) in [6.45, 7) is 24.0. The van der Waals surface area contributed by atoms with Gasteiger partial charge in [-0.05, 0) is 38.2 Å². The molecule has 0 aromatic rings. The maximum absolute atomic E-state index is 5.45. The van der Waals surface area contributed by atoms with E-state index >= 15 is 0 Å². The zero-order chi connectivity index (χ0) is 18.0. The third-order valence-electron chi connectivity index (χ3n) is 2.79. The fraction of sp³-hybridized carbons (Fsp3) is 0.550. The minimum absolute atomic E-state index is 0.506. The Morgan fingerprint density at radius 3 is 2.18 bits per heavy atom. The standard InChI is InChI=1S/C16H26N2.2C2H6/c1-6-13(2)14(3)10-8-7-9-11-16(5)18-12-15(4)17;2*1-2/h6,9,11,14H,1-2,4,7-8,10,12,17H2,3,5H3;2*1-2H3/b11-9+,18-16?;;. The number of nitrogens with zero attached hydrogens (tertiary/aromatic N) is 1. The number of hydrogen-bond acceptors (Lipinski definition) is 2. The molecule has 22 heavy (non-hydrogen) atoms. The van der Waals surface area contributed by atoms with E-state index in [9.17, 15) is 0 Å². The van der Waals surface area contributed by atoms with E-state index < -0.39 is 0 Å². The Labute approximate surface area is 139 Å². The van der Waals surface area contributed by atoms with Crippen LogP contribution < -0.4 is 5.73 Å². The van der Waals surface area contributed by atoms with Crippen molar-refractivity contribution >= 4 is 5.71 Å². The van der Waals surface area contributed by atoms with Gasteiger partial charge in [-0.3, -0.25) is 4.99 Å². The zero-order valence-corrected chi connectivity index (χ0v) is 15.8. The summed E-state index contributed by atoms with van der Waals surface area (Å²) >= 11 is 0. The van der Waals surface area contributed by atoms with E-state index in [0.717, 1.165) is 30.5 Å². The van der Waals surface area contributed by atoms with E-state index in [0.29, 0.717) is 18.2 Å². The van der Waals surface area contributed by atoms with Gasteiger partial charge in [-0.25, -0.2) is 0 Å². The highest BCUT2D eigenvalue weighted by Gasteiger charge is 2.01. The van der Waals surface area contributed by atoms with Gasteiger partial charge in [0.25, 0.3) is 0 Å². The molecule has 1 atom stereocenters. The Morgan fingerprint density at radius 1 is 1.18 bits per heavy atom. The molecule has 0 radical (unpaired) electrons. The van der Waals surface area contributed by atoms with E-state index in [1.165, 1.54) is 0 Å². The summed E-state index contributed by atoms with van der Waals surface area (Å²) < 4.78 is 0. The van der Waals surface area contributed by atoms with Crippen molar-refractivity contribution in [3.8, 4) is 0 Å². The first-order chi connectivity index (χ1) is 10.5. The second-order valence-corrected chi connectivity index (χ2v) is 4.63. The van der Waals surface area contributed by atoms with Crippen LogP contribution in [0.4, 0.5) is 0 Å². The molecule has 0 aromatic heterocycles. The SMILES string of the molecule is C=CC(=C)C(C)CCC/C=C/C(C)=NCC(=C)N.CC.CC. The average Bonchev–Trinajstić information content (AvgIpc) is 2.55. The Balaban J connectivity index is -0.000000826. The Morgan fingerprint density at radius 2 is 1.73 bits per heavy atom. The van der Waals surface area contributed by atoms with Crippen molar-refractivity contribution in [2.75, 3.05) is 6.54 Å². The summed E-state index contributed by atoms with van der Waals surface area (Å²) in [6.07, 6.45) is 9.39. The average molecular weight is 307 g/mol. The molecule has 0 saturated heterocycles. The number of rotatable bonds is 9. The molecular formula is C20H38N2. The summed E-state index contributed by atoms with van der Waals surface area (Å²) in [5.41, 5.74) is 8.16. The minimum Gasteiger partial charge on any atom is -0.401 e. The number of nitrogens with two attached hydrogens (primary N) is 1. The first kappa shape index (κ1) is 25.4. The van der Waals surface area contributed by atoms with Crippen molar-refractivity contribution in [3.63, 3.8) is 0 Å². The van der Waals surface area contributed by atoms with Gasteiger partial charge in [0.05, 0.1) is 6.54 Å². The van der Waals surface area contributed by atoms with Crippen LogP contribution in [0.3, 0.4) is 0 Å². The molecule has 0 aliphatic carbocycles. The molecule has 2 nitrogen and oxygen atoms in total. The van der Waals surface area contributed by atoms with E-state index in [1.54, 1.807) is 0 Å². The number of unbranched alkanes of at least 4 members (excludes halogenated alkanes) is 1. The van der Waals surface area contributed by atoms with E-state index in [2.05, 4.69) is 37.7 Å². The third kappa shape index (κ3) is 18.4. The first-order valence-electron chi connectivity index (χ1n) is 8.39. The van der Waals surface area contributed by atoms with Gasteiger partial charge < -0.3 is 5.73 Å². The Hall–Kier alpha value is -1.57. The maximum atomic E-state index is 5.45. The Kier molecular flexibility index (Phi) is 22.4. The summed E-state index contributed by atoms with van der Waals surface area (Å²) in [5.74, 6) is 0.520. The maximum Gasteiger partial charge on any atom is 0.0781 e. The van der Waals surface area contributed by atoms with Crippen LogP contribution in [0.2, 0.25) is 0 Å². The molecule has 2 heteroatoms. The normalized spacial score (nSPS) is 11.6. The van der Waals surface area contributed by atoms with Crippen molar-refractivity contribution in [2.24, 2.45) is 16.6 Å². The molecule has 0 aliphatic heterocycles. The van der Waals surface area contributed by atoms with Crippen LogP contribution in [0.5, 0.6) is 0 Å². The molecule has 0 rings (SSSR count). The second kappa shape index (κ2) is 19.4. The molecular weight excluding hydrogens is 268 g/mol. The summed E-state index contributed by atoms with van der Waals surface area (Å²) in [6, 6.07) is 0. The molecule has 0 aliphatic rings. The summed E-state index contributed by atoms with van der Waals surface area (Å²) in [4.78, 5) is 4.28. The van der Waals surface area contributed by atoms with Crippen molar-refractivity contribution in [1.82, 2.24) is 0 Å². The van der Waals surface area contributed by atoms with Crippen molar-refractivity contribution in [1.29, 1.82) is 0 Å². The molecule has 1 unspecified atom stereocenters. The van der Waals surface area contributed by atoms with Gasteiger partial charge in [-0.1, -0.05) is 72.1 Å². The monoisotopic (exact) mass is 306 g/mol. The zero-order valence-electron chi connectivity index (χ0n) is 15.8. The van der Waals surface area contributed by atoms with Crippen molar-refractivity contribution < 1.29 is 0 Å². The highest BCUT2D eigenvalue weighted by molar-refractivity contribution is 5.92. The largest absolute Gasteiger partial charge is 0.401 e. The third-order valence-corrected chi connectivity index (χ3v) is 2.79. The van der Waals surface area contributed by atoms with Crippen molar-refractivity contribution in [2.45, 2.75) is 60.8 Å². The molecule has 0 heterocycles. The van der Waals surface area contributed by atoms with Gasteiger partial charge in [0, 0.05) is 11.4 Å². The van der Waals surface area contributed by atoms with Crippen LogP contribution >= 0.6 is 0 Å². The van der Waals surface area contributed by atoms with E-state index in [-0.39, 0.29) is 0 Å². The topological polar surface area (TPSA) is 38.4 Å². The second-order valence-electron chi connectivity index (χ2n) is 4.63. The van der Waals surface area contributed by atoms with Crippen LogP contribution in [-0.4, -0.2) is 12.3 Å². The van der Waals surface area contributed by atoms with Gasteiger partial charge in [0.1, 0.15) is 0 Å². The van der Waals surface area contributed by atoms with E-state index in [1.807, 2.05) is 46.8 Å². The molecule has 0 aromatic carbocycles. The first-order valence-corrected chi connectivity index (χ1v) is 8.39. The molecule has 128 valence electrons. The van der Waals surface area contributed by atoms with Crippen LogP contribution in [-0.2, 0) is 0 Å². The van der Waals surface area contributed by atoms with Gasteiger partial charge in [0.2, 0.25) is 0 Å². The highest BCUT2D eigenvalue weighted by atomic mass is 14.8. The van der Waals surface area contributed by atoms with Crippen LogP contribution in [0.1, 0.15) is 60.8 Å². The summed E-state index contributed by atoms with van der Waals surface area (Å²) in [5, 5.41) is 0. The van der Waals surface area contributed by atoms with Crippen LogP contribution in [0.15, 0.2) is 54.2 Å². The molecule has 2 N–H and O–H groups in total. The smallest absolute Gasteiger partial charge is 0.0781 e. The lowest BCUT2D eigenvalue weighted by molar-refractivity contribution is 0.595. The molecule has 0 spiro atoms. The van der Waals surface area contributed by atoms with Gasteiger partial charge in [-0.15, -0.1) is 0 Å². The predicted molar refractivity (Wildman–Crippen MR) is 105 cm³/mol. The van der Waals surface area contributed by atoms with Gasteiger partial charge in [0.15, 0.2) is 0 Å². The summed E-state index contributed by atoms with van der Waals surface area (Å²) in [7, 11) is 0. The lowest BCUT2D eigenvalue weighted by Gasteiger charge is -2.09. The highest BCUT2D eigenvalue weighted by Crippen LogP contribution is 2.16. The molecule has 0 bridgehead atoms. The van der Waals surface area contributed by atoms with Crippen LogP contribution in [0.25, 0.3) is 0 Å². The fourth-order valence-corrected chi connectivity index (χ4v) is 1.46. The lowest BCUT2D eigenvalue weighted by atomic mass is 9.96. The molecule has 0 saturated carbocycles. The van der Waals surface area contributed by atoms with E-state index in [4.69, 9.17) is 5.73 Å². The molecule has 0 amide bonds. The van der Waals surface area contributed by atoms with Gasteiger partial charge in [-0.2, -0.15) is 0 Å².